The molecule has 14 heavy (non-hydrogen) atoms. The number of nitrogens with zero attached hydrogens (tertiary/aromatic N) is 3. The number of rotatable bonds is 2. The zero-order valence-electron chi connectivity index (χ0n) is 8.19. The molecule has 2 aromatic heterocycles. The Kier molecular flexibility index (Phi) is 2.54. The van der Waals surface area contributed by atoms with E-state index in [2.05, 4.69) is 28.8 Å². The van der Waals surface area contributed by atoms with Crippen LogP contribution in [0.3, 0.4) is 0 Å². The molecule has 0 radical (unpaired) electrons. The van der Waals surface area contributed by atoms with E-state index < -0.39 is 0 Å². The minimum absolute atomic E-state index is 0.861. The van der Waals surface area contributed by atoms with E-state index in [-0.39, 0.29) is 0 Å². The van der Waals surface area contributed by atoms with Gasteiger partial charge in [-0.2, -0.15) is 0 Å². The van der Waals surface area contributed by atoms with E-state index in [0.29, 0.717) is 0 Å². The average molecular weight is 205 g/mol. The Hall–Kier alpha value is -1.29. The van der Waals surface area contributed by atoms with Crippen molar-refractivity contribution in [2.24, 2.45) is 0 Å². The number of aryl methyl sites for hydroxylation is 2. The molecule has 0 N–H and O–H groups in total. The minimum atomic E-state index is 0.861. The first kappa shape index (κ1) is 9.27. The Labute approximate surface area is 86.9 Å². The average Bonchev–Trinajstić information content (AvgIpc) is 2.61. The van der Waals surface area contributed by atoms with Gasteiger partial charge in [0.15, 0.2) is 0 Å². The Morgan fingerprint density at radius 1 is 1.36 bits per heavy atom. The van der Waals surface area contributed by atoms with E-state index in [0.717, 1.165) is 22.8 Å². The van der Waals surface area contributed by atoms with Crippen molar-refractivity contribution in [3.63, 3.8) is 0 Å². The predicted molar refractivity (Wildman–Crippen MR) is 57.3 cm³/mol. The van der Waals surface area contributed by atoms with Crippen molar-refractivity contribution in [3.05, 3.63) is 29.2 Å². The second-order valence-corrected chi connectivity index (χ2v) is 4.17. The summed E-state index contributed by atoms with van der Waals surface area (Å²) in [6.07, 6.45) is 6.09. The lowest BCUT2D eigenvalue weighted by molar-refractivity contribution is 1.04. The van der Waals surface area contributed by atoms with E-state index in [4.69, 9.17) is 0 Å². The normalized spacial score (nSPS) is 10.4. The molecule has 0 aromatic carbocycles. The highest BCUT2D eigenvalue weighted by atomic mass is 32.1. The molecule has 0 fully saturated rings. The first-order valence-electron chi connectivity index (χ1n) is 4.54. The first-order chi connectivity index (χ1) is 6.81. The van der Waals surface area contributed by atoms with E-state index in [1.165, 1.54) is 4.88 Å². The van der Waals surface area contributed by atoms with Gasteiger partial charge in [0.25, 0.3) is 0 Å². The van der Waals surface area contributed by atoms with Gasteiger partial charge in [0.05, 0.1) is 11.9 Å². The molecule has 3 nitrogen and oxygen atoms in total. The topological polar surface area (TPSA) is 38.7 Å². The van der Waals surface area contributed by atoms with Crippen LogP contribution in [0.15, 0.2) is 18.6 Å². The summed E-state index contributed by atoms with van der Waals surface area (Å²) in [7, 11) is 0. The summed E-state index contributed by atoms with van der Waals surface area (Å²) in [5, 5.41) is 0.965. The highest BCUT2D eigenvalue weighted by Gasteiger charge is 2.08. The molecule has 0 saturated carbocycles. The molecule has 0 spiro atoms. The lowest BCUT2D eigenvalue weighted by atomic mass is 10.3. The van der Waals surface area contributed by atoms with Gasteiger partial charge in [-0.05, 0) is 13.3 Å². The van der Waals surface area contributed by atoms with E-state index >= 15 is 0 Å². The lowest BCUT2D eigenvalue weighted by Crippen LogP contribution is -1.85. The SMILES string of the molecule is CCc1nc(-c2cnccn2)sc1C. The number of hydrogen-bond acceptors (Lipinski definition) is 4. The molecule has 0 aliphatic heterocycles. The smallest absolute Gasteiger partial charge is 0.143 e. The molecular weight excluding hydrogens is 194 g/mol. The Balaban J connectivity index is 2.43. The zero-order valence-corrected chi connectivity index (χ0v) is 9.01. The Morgan fingerprint density at radius 2 is 2.21 bits per heavy atom. The third-order valence-corrected chi connectivity index (χ3v) is 3.05. The Morgan fingerprint density at radius 3 is 2.79 bits per heavy atom. The van der Waals surface area contributed by atoms with Crippen molar-refractivity contribution in [1.29, 1.82) is 0 Å². The quantitative estimate of drug-likeness (QED) is 0.756. The van der Waals surface area contributed by atoms with Crippen molar-refractivity contribution in [3.8, 4) is 10.7 Å². The van der Waals surface area contributed by atoms with Crippen LogP contribution in [-0.4, -0.2) is 15.0 Å². The van der Waals surface area contributed by atoms with E-state index in [1.54, 1.807) is 29.9 Å². The van der Waals surface area contributed by atoms with Crippen LogP contribution in [-0.2, 0) is 6.42 Å². The van der Waals surface area contributed by atoms with E-state index in [1.807, 2.05) is 0 Å². The predicted octanol–water partition coefficient (Wildman–Crippen LogP) is 2.47. The maximum Gasteiger partial charge on any atom is 0.143 e. The molecule has 4 heteroatoms. The lowest BCUT2D eigenvalue weighted by Gasteiger charge is -1.91. The Bertz CT molecular complexity index is 422. The summed E-state index contributed by atoms with van der Waals surface area (Å²) < 4.78 is 0. The molecule has 0 unspecified atom stereocenters. The largest absolute Gasteiger partial charge is 0.261 e. The van der Waals surface area contributed by atoms with Crippen LogP contribution in [0, 0.1) is 6.92 Å². The summed E-state index contributed by atoms with van der Waals surface area (Å²) in [6.45, 7) is 4.21. The van der Waals surface area contributed by atoms with Crippen LogP contribution >= 0.6 is 11.3 Å². The van der Waals surface area contributed by atoms with Gasteiger partial charge in [-0.25, -0.2) is 4.98 Å². The van der Waals surface area contributed by atoms with Gasteiger partial charge >= 0.3 is 0 Å². The molecule has 2 rings (SSSR count). The van der Waals surface area contributed by atoms with Crippen LogP contribution in [0.2, 0.25) is 0 Å². The van der Waals surface area contributed by atoms with Crippen LogP contribution in [0.5, 0.6) is 0 Å². The minimum Gasteiger partial charge on any atom is -0.261 e. The summed E-state index contributed by atoms with van der Waals surface area (Å²) in [6, 6.07) is 0. The molecule has 0 aliphatic carbocycles. The van der Waals surface area contributed by atoms with Gasteiger partial charge in [-0.1, -0.05) is 6.92 Å². The number of thiazole rings is 1. The molecule has 0 saturated heterocycles. The maximum absolute atomic E-state index is 4.51. The van der Waals surface area contributed by atoms with E-state index in [9.17, 15) is 0 Å². The first-order valence-corrected chi connectivity index (χ1v) is 5.35. The van der Waals surface area contributed by atoms with Crippen molar-refractivity contribution in [1.82, 2.24) is 15.0 Å². The van der Waals surface area contributed by atoms with Gasteiger partial charge in [0.1, 0.15) is 10.7 Å². The standard InChI is InChI=1S/C10H11N3S/c1-3-8-7(2)14-10(13-8)9-6-11-4-5-12-9/h4-6H,3H2,1-2H3. The maximum atomic E-state index is 4.51. The van der Waals surface area contributed by atoms with Crippen LogP contribution < -0.4 is 0 Å². The van der Waals surface area contributed by atoms with Crippen molar-refractivity contribution < 1.29 is 0 Å². The molecule has 0 bridgehead atoms. The van der Waals surface area contributed by atoms with Gasteiger partial charge in [0, 0.05) is 17.3 Å². The molecule has 2 heterocycles. The van der Waals surface area contributed by atoms with Gasteiger partial charge < -0.3 is 0 Å². The summed E-state index contributed by atoms with van der Waals surface area (Å²) in [5.74, 6) is 0. The van der Waals surface area contributed by atoms with Gasteiger partial charge in [0.2, 0.25) is 0 Å². The van der Waals surface area contributed by atoms with Gasteiger partial charge in [-0.15, -0.1) is 11.3 Å². The van der Waals surface area contributed by atoms with Crippen molar-refractivity contribution in [2.45, 2.75) is 20.3 Å². The van der Waals surface area contributed by atoms with Crippen molar-refractivity contribution in [2.75, 3.05) is 0 Å². The fourth-order valence-corrected chi connectivity index (χ4v) is 2.24. The zero-order chi connectivity index (χ0) is 9.97. The molecular formula is C10H11N3S. The second kappa shape index (κ2) is 3.84. The number of aromatic nitrogens is 3. The fourth-order valence-electron chi connectivity index (χ4n) is 1.28. The summed E-state index contributed by atoms with van der Waals surface area (Å²) in [4.78, 5) is 14.0. The third kappa shape index (κ3) is 1.65. The number of hydrogen-bond donors (Lipinski definition) is 0. The molecule has 0 atom stereocenters. The molecule has 0 amide bonds. The van der Waals surface area contributed by atoms with Crippen LogP contribution in [0.25, 0.3) is 10.7 Å². The highest BCUT2D eigenvalue weighted by Crippen LogP contribution is 2.25. The molecule has 0 aliphatic rings. The van der Waals surface area contributed by atoms with Crippen LogP contribution in [0.4, 0.5) is 0 Å². The third-order valence-electron chi connectivity index (χ3n) is 2.01. The highest BCUT2D eigenvalue weighted by molar-refractivity contribution is 7.15. The summed E-state index contributed by atoms with van der Waals surface area (Å²) >= 11 is 1.68. The summed E-state index contributed by atoms with van der Waals surface area (Å²) in [5.41, 5.74) is 2.02. The molecule has 2 aromatic rings. The molecule has 72 valence electrons. The second-order valence-electron chi connectivity index (χ2n) is 2.97. The van der Waals surface area contributed by atoms with Gasteiger partial charge in [-0.3, -0.25) is 9.97 Å². The fraction of sp³-hybridized carbons (Fsp3) is 0.300. The van der Waals surface area contributed by atoms with Crippen molar-refractivity contribution >= 4 is 11.3 Å². The monoisotopic (exact) mass is 205 g/mol. The van der Waals surface area contributed by atoms with Crippen LogP contribution in [0.1, 0.15) is 17.5 Å².